The van der Waals surface area contributed by atoms with E-state index in [1.54, 1.807) is 24.5 Å². The van der Waals surface area contributed by atoms with Crippen molar-refractivity contribution in [1.82, 2.24) is 14.3 Å². The zero-order valence-corrected chi connectivity index (χ0v) is 15.9. The molecule has 27 heavy (non-hydrogen) atoms. The number of benzene rings is 1. The highest BCUT2D eigenvalue weighted by molar-refractivity contribution is 7.89. The summed E-state index contributed by atoms with van der Waals surface area (Å²) in [5, 5.41) is 0.509. The summed E-state index contributed by atoms with van der Waals surface area (Å²) in [7, 11) is -3.53. The zero-order chi connectivity index (χ0) is 18.9. The molecular weight excluding hydrogens is 388 g/mol. The monoisotopic (exact) mass is 404 g/mol. The SMILES string of the molecule is O=S(=O)(c1ccc(Cl)cc1)N1CCN(c2cc(-c3ccco3)ncn2)CC1. The molecule has 0 saturated carbocycles. The van der Waals surface area contributed by atoms with E-state index in [4.69, 9.17) is 16.0 Å². The summed E-state index contributed by atoms with van der Waals surface area (Å²) in [4.78, 5) is 10.8. The van der Waals surface area contributed by atoms with E-state index in [9.17, 15) is 8.42 Å². The highest BCUT2D eigenvalue weighted by Crippen LogP contribution is 2.24. The topological polar surface area (TPSA) is 79.5 Å². The molecule has 3 heterocycles. The molecule has 4 rings (SSSR count). The maximum Gasteiger partial charge on any atom is 0.243 e. The Morgan fingerprint density at radius 2 is 1.74 bits per heavy atom. The first kappa shape index (κ1) is 18.0. The molecule has 1 aromatic carbocycles. The standard InChI is InChI=1S/C18H17ClN4O3S/c19-14-3-5-15(6-4-14)27(24,25)23-9-7-22(8-10-23)18-12-16(20-13-21-18)17-2-1-11-26-17/h1-6,11-13H,7-10H2. The van der Waals surface area contributed by atoms with Crippen LogP contribution in [0, 0.1) is 0 Å². The van der Waals surface area contributed by atoms with Crippen LogP contribution in [0.5, 0.6) is 0 Å². The molecule has 0 unspecified atom stereocenters. The third-order valence-electron chi connectivity index (χ3n) is 4.44. The molecule has 1 fully saturated rings. The van der Waals surface area contributed by atoms with Crippen molar-refractivity contribution in [2.75, 3.05) is 31.1 Å². The molecule has 0 amide bonds. The molecule has 9 heteroatoms. The Bertz CT molecular complexity index is 1020. The molecule has 1 saturated heterocycles. The second kappa shape index (κ2) is 7.30. The van der Waals surface area contributed by atoms with Crippen molar-refractivity contribution in [3.8, 4) is 11.5 Å². The van der Waals surface area contributed by atoms with Gasteiger partial charge in [0.15, 0.2) is 5.76 Å². The Hall–Kier alpha value is -2.42. The lowest BCUT2D eigenvalue weighted by atomic mass is 10.3. The lowest BCUT2D eigenvalue weighted by molar-refractivity contribution is 0.384. The quantitative estimate of drug-likeness (QED) is 0.665. The number of hydrogen-bond donors (Lipinski definition) is 0. The van der Waals surface area contributed by atoms with Crippen LogP contribution in [0.3, 0.4) is 0 Å². The predicted molar refractivity (Wildman–Crippen MR) is 102 cm³/mol. The number of aromatic nitrogens is 2. The number of sulfonamides is 1. The Kier molecular flexibility index (Phi) is 4.86. The van der Waals surface area contributed by atoms with Crippen LogP contribution in [0.2, 0.25) is 5.02 Å². The van der Waals surface area contributed by atoms with E-state index in [2.05, 4.69) is 9.97 Å². The van der Waals surface area contributed by atoms with Gasteiger partial charge in [-0.25, -0.2) is 18.4 Å². The van der Waals surface area contributed by atoms with Gasteiger partial charge in [-0.2, -0.15) is 4.31 Å². The lowest BCUT2D eigenvalue weighted by Gasteiger charge is -2.34. The van der Waals surface area contributed by atoms with Crippen LogP contribution >= 0.6 is 11.6 Å². The summed E-state index contributed by atoms with van der Waals surface area (Å²) in [6.45, 7) is 1.85. The van der Waals surface area contributed by atoms with E-state index in [-0.39, 0.29) is 4.90 Å². The smallest absolute Gasteiger partial charge is 0.243 e. The van der Waals surface area contributed by atoms with Crippen LogP contribution in [-0.4, -0.2) is 48.9 Å². The lowest BCUT2D eigenvalue weighted by Crippen LogP contribution is -2.48. The van der Waals surface area contributed by atoms with Crippen molar-refractivity contribution < 1.29 is 12.8 Å². The highest BCUT2D eigenvalue weighted by Gasteiger charge is 2.29. The molecule has 0 atom stereocenters. The van der Waals surface area contributed by atoms with E-state index in [0.717, 1.165) is 5.82 Å². The molecule has 0 aliphatic carbocycles. The van der Waals surface area contributed by atoms with Gasteiger partial charge in [0.1, 0.15) is 17.8 Å². The molecule has 7 nitrogen and oxygen atoms in total. The van der Waals surface area contributed by atoms with Gasteiger partial charge in [0.2, 0.25) is 10.0 Å². The van der Waals surface area contributed by atoms with Gasteiger partial charge >= 0.3 is 0 Å². The maximum atomic E-state index is 12.8. The minimum absolute atomic E-state index is 0.252. The maximum absolute atomic E-state index is 12.8. The van der Waals surface area contributed by atoms with E-state index in [1.165, 1.54) is 22.8 Å². The molecular formula is C18H17ClN4O3S. The van der Waals surface area contributed by atoms with Crippen molar-refractivity contribution in [2.45, 2.75) is 4.90 Å². The van der Waals surface area contributed by atoms with Crippen LogP contribution in [0.15, 0.2) is 64.4 Å². The van der Waals surface area contributed by atoms with Gasteiger partial charge in [0.05, 0.1) is 11.2 Å². The molecule has 0 bridgehead atoms. The number of hydrogen-bond acceptors (Lipinski definition) is 6. The number of halogens is 1. The summed E-state index contributed by atoms with van der Waals surface area (Å²) in [5.41, 5.74) is 0.696. The predicted octanol–water partition coefficient (Wildman–Crippen LogP) is 2.90. The number of nitrogens with zero attached hydrogens (tertiary/aromatic N) is 4. The highest BCUT2D eigenvalue weighted by atomic mass is 35.5. The van der Waals surface area contributed by atoms with Crippen molar-refractivity contribution in [3.63, 3.8) is 0 Å². The number of piperazine rings is 1. The Labute approximate surface area is 162 Å². The largest absolute Gasteiger partial charge is 0.463 e. The summed E-state index contributed by atoms with van der Waals surface area (Å²) < 4.78 is 32.4. The molecule has 2 aromatic heterocycles. The average Bonchev–Trinajstić information content (AvgIpc) is 3.23. The molecule has 1 aliphatic rings. The molecule has 0 radical (unpaired) electrons. The molecule has 1 aliphatic heterocycles. The van der Waals surface area contributed by atoms with E-state index in [0.29, 0.717) is 42.7 Å². The Balaban J connectivity index is 1.48. The van der Waals surface area contributed by atoms with Crippen LogP contribution < -0.4 is 4.90 Å². The minimum atomic E-state index is -3.53. The van der Waals surface area contributed by atoms with Crippen LogP contribution in [0.4, 0.5) is 5.82 Å². The van der Waals surface area contributed by atoms with Gasteiger partial charge in [-0.3, -0.25) is 0 Å². The number of anilines is 1. The van der Waals surface area contributed by atoms with Crippen molar-refractivity contribution in [1.29, 1.82) is 0 Å². The second-order valence-electron chi connectivity index (χ2n) is 6.08. The van der Waals surface area contributed by atoms with Crippen LogP contribution in [0.25, 0.3) is 11.5 Å². The van der Waals surface area contributed by atoms with Crippen molar-refractivity contribution in [2.24, 2.45) is 0 Å². The summed E-state index contributed by atoms with van der Waals surface area (Å²) in [5.74, 6) is 1.42. The van der Waals surface area contributed by atoms with E-state index < -0.39 is 10.0 Å². The average molecular weight is 405 g/mol. The van der Waals surface area contributed by atoms with Gasteiger partial charge in [0, 0.05) is 37.3 Å². The van der Waals surface area contributed by atoms with Gasteiger partial charge in [-0.15, -0.1) is 0 Å². The van der Waals surface area contributed by atoms with Gasteiger partial charge in [0.25, 0.3) is 0 Å². The van der Waals surface area contributed by atoms with E-state index in [1.807, 2.05) is 17.0 Å². The molecule has 3 aromatic rings. The number of rotatable bonds is 4. The molecule has 140 valence electrons. The Morgan fingerprint density at radius 1 is 1.00 bits per heavy atom. The summed E-state index contributed by atoms with van der Waals surface area (Å²) >= 11 is 5.85. The Morgan fingerprint density at radius 3 is 2.41 bits per heavy atom. The number of furan rings is 1. The first-order valence-corrected chi connectivity index (χ1v) is 10.2. The normalized spacial score (nSPS) is 15.8. The van der Waals surface area contributed by atoms with Crippen molar-refractivity contribution >= 4 is 27.4 Å². The third kappa shape index (κ3) is 3.69. The fraction of sp³-hybridized carbons (Fsp3) is 0.222. The minimum Gasteiger partial charge on any atom is -0.463 e. The van der Waals surface area contributed by atoms with Crippen LogP contribution in [0.1, 0.15) is 0 Å². The van der Waals surface area contributed by atoms with E-state index >= 15 is 0 Å². The fourth-order valence-electron chi connectivity index (χ4n) is 2.99. The first-order chi connectivity index (χ1) is 13.0. The summed E-state index contributed by atoms with van der Waals surface area (Å²) in [6, 6.07) is 11.7. The molecule has 0 spiro atoms. The van der Waals surface area contributed by atoms with Crippen LogP contribution in [-0.2, 0) is 10.0 Å². The van der Waals surface area contributed by atoms with Gasteiger partial charge in [-0.1, -0.05) is 11.6 Å². The summed E-state index contributed by atoms with van der Waals surface area (Å²) in [6.07, 6.45) is 3.08. The first-order valence-electron chi connectivity index (χ1n) is 8.41. The fourth-order valence-corrected chi connectivity index (χ4v) is 4.54. The van der Waals surface area contributed by atoms with Gasteiger partial charge in [-0.05, 0) is 36.4 Å². The van der Waals surface area contributed by atoms with Gasteiger partial charge < -0.3 is 9.32 Å². The van der Waals surface area contributed by atoms with Crippen molar-refractivity contribution in [3.05, 3.63) is 60.1 Å². The molecule has 0 N–H and O–H groups in total. The zero-order valence-electron chi connectivity index (χ0n) is 14.3. The second-order valence-corrected chi connectivity index (χ2v) is 8.46. The third-order valence-corrected chi connectivity index (χ3v) is 6.61.